The van der Waals surface area contributed by atoms with Crippen LogP contribution in [0.5, 0.6) is 17.4 Å². The van der Waals surface area contributed by atoms with E-state index >= 15 is 0 Å². The van der Waals surface area contributed by atoms with Gasteiger partial charge in [-0.25, -0.2) is 4.98 Å². The van der Waals surface area contributed by atoms with E-state index in [0.717, 1.165) is 11.3 Å². The van der Waals surface area contributed by atoms with E-state index in [9.17, 15) is 9.59 Å². The normalized spacial score (nSPS) is 11.5. The number of hydrogen-bond acceptors (Lipinski definition) is 8. The lowest BCUT2D eigenvalue weighted by atomic mass is 10.2. The molecule has 9 nitrogen and oxygen atoms in total. The summed E-state index contributed by atoms with van der Waals surface area (Å²) in [7, 11) is 0. The number of nitrogens with zero attached hydrogens (tertiary/aromatic N) is 2. The number of carbonyl (C=O) groups excluding carboxylic acids is 2. The second kappa shape index (κ2) is 11.9. The second-order valence-corrected chi connectivity index (χ2v) is 8.38. The summed E-state index contributed by atoms with van der Waals surface area (Å²) in [4.78, 5) is 28.6. The van der Waals surface area contributed by atoms with Gasteiger partial charge in [0.25, 0.3) is 0 Å². The first-order chi connectivity index (χ1) is 15.9. The SMILES string of the molecule is CCOc1ccc(Oc2cc(CNC(=O)CSC(C)C(=O)Nc3cc(C)on3)ccn2)cc1. The predicted molar refractivity (Wildman–Crippen MR) is 126 cm³/mol. The highest BCUT2D eigenvalue weighted by molar-refractivity contribution is 8.01. The first-order valence-corrected chi connectivity index (χ1v) is 11.5. The van der Waals surface area contributed by atoms with Crippen molar-refractivity contribution < 1.29 is 23.6 Å². The van der Waals surface area contributed by atoms with Crippen LogP contribution in [0.1, 0.15) is 25.2 Å². The van der Waals surface area contributed by atoms with E-state index in [4.69, 9.17) is 14.0 Å². The Bertz CT molecular complexity index is 1070. The van der Waals surface area contributed by atoms with Gasteiger partial charge < -0.3 is 24.6 Å². The van der Waals surface area contributed by atoms with Crippen LogP contribution in [0, 0.1) is 6.92 Å². The lowest BCUT2D eigenvalue weighted by molar-refractivity contribution is -0.118. The minimum Gasteiger partial charge on any atom is -0.494 e. The molecule has 0 aliphatic carbocycles. The Morgan fingerprint density at radius 2 is 1.91 bits per heavy atom. The molecule has 1 atom stereocenters. The summed E-state index contributed by atoms with van der Waals surface area (Å²) in [6.07, 6.45) is 1.62. The highest BCUT2D eigenvalue weighted by Crippen LogP contribution is 2.23. The molecular weight excluding hydrogens is 444 g/mol. The monoisotopic (exact) mass is 470 g/mol. The van der Waals surface area contributed by atoms with Crippen molar-refractivity contribution >= 4 is 29.4 Å². The maximum atomic E-state index is 12.2. The van der Waals surface area contributed by atoms with Gasteiger partial charge in [-0.2, -0.15) is 0 Å². The van der Waals surface area contributed by atoms with E-state index in [1.54, 1.807) is 50.4 Å². The van der Waals surface area contributed by atoms with Crippen LogP contribution in [0.3, 0.4) is 0 Å². The second-order valence-electron chi connectivity index (χ2n) is 7.05. The van der Waals surface area contributed by atoms with Crippen molar-refractivity contribution in [2.24, 2.45) is 0 Å². The van der Waals surface area contributed by atoms with Gasteiger partial charge in [0.2, 0.25) is 17.7 Å². The van der Waals surface area contributed by atoms with Gasteiger partial charge in [-0.05, 0) is 56.7 Å². The Balaban J connectivity index is 1.42. The highest BCUT2D eigenvalue weighted by atomic mass is 32.2. The topological polar surface area (TPSA) is 116 Å². The summed E-state index contributed by atoms with van der Waals surface area (Å²) < 4.78 is 16.1. The summed E-state index contributed by atoms with van der Waals surface area (Å²) in [5.74, 6) is 2.52. The van der Waals surface area contributed by atoms with Gasteiger partial charge in [0, 0.05) is 24.9 Å². The number of aromatic nitrogens is 2. The molecule has 3 aromatic rings. The van der Waals surface area contributed by atoms with Crippen LogP contribution in [0.15, 0.2) is 53.2 Å². The average molecular weight is 471 g/mol. The number of pyridine rings is 1. The van der Waals surface area contributed by atoms with Gasteiger partial charge in [-0.15, -0.1) is 11.8 Å². The maximum Gasteiger partial charge on any atom is 0.238 e. The number of nitrogens with one attached hydrogen (secondary N) is 2. The lowest BCUT2D eigenvalue weighted by Gasteiger charge is -2.11. The smallest absolute Gasteiger partial charge is 0.238 e. The molecule has 174 valence electrons. The molecule has 0 spiro atoms. The van der Waals surface area contributed by atoms with E-state index < -0.39 is 5.25 Å². The molecule has 33 heavy (non-hydrogen) atoms. The first-order valence-electron chi connectivity index (χ1n) is 10.4. The van der Waals surface area contributed by atoms with Crippen molar-refractivity contribution in [2.75, 3.05) is 17.7 Å². The van der Waals surface area contributed by atoms with Crippen molar-refractivity contribution in [1.29, 1.82) is 0 Å². The molecule has 0 saturated heterocycles. The molecule has 3 rings (SSSR count). The zero-order valence-corrected chi connectivity index (χ0v) is 19.5. The molecule has 2 N–H and O–H groups in total. The third-order valence-corrected chi connectivity index (χ3v) is 5.50. The standard InChI is InChI=1S/C23H26N4O5S/c1-4-30-18-5-7-19(8-6-18)31-22-12-17(9-10-24-22)13-25-21(28)14-33-16(3)23(29)26-20-11-15(2)32-27-20/h5-12,16H,4,13-14H2,1-3H3,(H,25,28)(H,26,27,29). The molecule has 0 saturated carbocycles. The Morgan fingerprint density at radius 1 is 1.15 bits per heavy atom. The molecule has 0 radical (unpaired) electrons. The molecule has 0 fully saturated rings. The molecular formula is C23H26N4O5S. The third-order valence-electron chi connectivity index (χ3n) is 4.36. The van der Waals surface area contributed by atoms with E-state index in [0.29, 0.717) is 36.4 Å². The minimum absolute atomic E-state index is 0.146. The Kier molecular flexibility index (Phi) is 8.71. The third kappa shape index (κ3) is 7.83. The van der Waals surface area contributed by atoms with Crippen LogP contribution < -0.4 is 20.1 Å². The molecule has 0 aliphatic rings. The Labute approximate surface area is 196 Å². The molecule has 10 heteroatoms. The molecule has 2 heterocycles. The molecule has 0 aliphatic heterocycles. The van der Waals surface area contributed by atoms with Crippen molar-refractivity contribution in [2.45, 2.75) is 32.6 Å². The minimum atomic E-state index is -0.428. The number of anilines is 1. The highest BCUT2D eigenvalue weighted by Gasteiger charge is 2.16. The fourth-order valence-corrected chi connectivity index (χ4v) is 3.40. The number of carbonyl (C=O) groups is 2. The lowest BCUT2D eigenvalue weighted by Crippen LogP contribution is -2.28. The largest absolute Gasteiger partial charge is 0.494 e. The van der Waals surface area contributed by atoms with Crippen molar-refractivity contribution in [3.63, 3.8) is 0 Å². The van der Waals surface area contributed by atoms with Crippen molar-refractivity contribution in [3.8, 4) is 17.4 Å². The van der Waals surface area contributed by atoms with Crippen molar-refractivity contribution in [1.82, 2.24) is 15.5 Å². The molecule has 2 aromatic heterocycles. The summed E-state index contributed by atoms with van der Waals surface area (Å²) in [5, 5.41) is 8.79. The fraction of sp³-hybridized carbons (Fsp3) is 0.304. The zero-order chi connectivity index (χ0) is 23.6. The Hall–Kier alpha value is -3.53. The summed E-state index contributed by atoms with van der Waals surface area (Å²) in [6, 6.07) is 12.5. The average Bonchev–Trinajstić information content (AvgIpc) is 3.22. The maximum absolute atomic E-state index is 12.2. The van der Waals surface area contributed by atoms with Crippen LogP contribution >= 0.6 is 11.8 Å². The van der Waals surface area contributed by atoms with E-state index in [1.807, 2.05) is 19.1 Å². The summed E-state index contributed by atoms with van der Waals surface area (Å²) >= 11 is 1.23. The number of amides is 2. The Morgan fingerprint density at radius 3 is 2.61 bits per heavy atom. The molecule has 0 bridgehead atoms. The number of rotatable bonds is 11. The van der Waals surface area contributed by atoms with Gasteiger partial charge in [0.05, 0.1) is 17.6 Å². The fourth-order valence-electron chi connectivity index (χ4n) is 2.69. The molecule has 2 amide bonds. The molecule has 1 unspecified atom stereocenters. The van der Waals surface area contributed by atoms with Gasteiger partial charge >= 0.3 is 0 Å². The van der Waals surface area contributed by atoms with Gasteiger partial charge in [-0.1, -0.05) is 5.16 Å². The van der Waals surface area contributed by atoms with Gasteiger partial charge in [-0.3, -0.25) is 9.59 Å². The van der Waals surface area contributed by atoms with Gasteiger partial charge in [0.15, 0.2) is 5.82 Å². The van der Waals surface area contributed by atoms with E-state index in [1.165, 1.54) is 11.8 Å². The number of aryl methyl sites for hydroxylation is 1. The van der Waals surface area contributed by atoms with Crippen LogP contribution in [0.25, 0.3) is 0 Å². The first kappa shape index (κ1) is 24.1. The van der Waals surface area contributed by atoms with Crippen LogP contribution in [0.4, 0.5) is 5.82 Å². The quantitative estimate of drug-likeness (QED) is 0.433. The number of hydrogen-bond donors (Lipinski definition) is 2. The predicted octanol–water partition coefficient (Wildman–Crippen LogP) is 3.95. The van der Waals surface area contributed by atoms with Gasteiger partial charge in [0.1, 0.15) is 17.3 Å². The molecule has 1 aromatic carbocycles. The van der Waals surface area contributed by atoms with Crippen LogP contribution in [-0.2, 0) is 16.1 Å². The van der Waals surface area contributed by atoms with Crippen LogP contribution in [-0.4, -0.2) is 39.6 Å². The number of ether oxygens (including phenoxy) is 2. The van der Waals surface area contributed by atoms with E-state index in [-0.39, 0.29) is 17.6 Å². The zero-order valence-electron chi connectivity index (χ0n) is 18.7. The number of benzene rings is 1. The van der Waals surface area contributed by atoms with E-state index in [2.05, 4.69) is 20.8 Å². The summed E-state index contributed by atoms with van der Waals surface area (Å²) in [5.41, 5.74) is 0.844. The van der Waals surface area contributed by atoms with Crippen molar-refractivity contribution in [3.05, 3.63) is 60.0 Å². The summed E-state index contributed by atoms with van der Waals surface area (Å²) in [6.45, 7) is 6.32. The number of thioether (sulfide) groups is 1. The van der Waals surface area contributed by atoms with Crippen LogP contribution in [0.2, 0.25) is 0 Å².